The van der Waals surface area contributed by atoms with Crippen LogP contribution in [0.25, 0.3) is 0 Å². The predicted octanol–water partition coefficient (Wildman–Crippen LogP) is 1.58. The van der Waals surface area contributed by atoms with E-state index in [-0.39, 0.29) is 18.4 Å². The van der Waals surface area contributed by atoms with Crippen LogP contribution in [0.1, 0.15) is 20.8 Å². The van der Waals surface area contributed by atoms with Gasteiger partial charge in [0.25, 0.3) is 5.91 Å². The zero-order valence-electron chi connectivity index (χ0n) is 22.8. The largest absolute Gasteiger partial charge is 0.378 e. The van der Waals surface area contributed by atoms with Crippen molar-refractivity contribution in [1.82, 2.24) is 10.3 Å². The Balaban J connectivity index is 1.43. The van der Waals surface area contributed by atoms with Crippen molar-refractivity contribution in [3.8, 4) is 0 Å². The fourth-order valence-electron chi connectivity index (χ4n) is 3.18. The van der Waals surface area contributed by atoms with E-state index in [0.29, 0.717) is 89.9 Å². The molecule has 0 aliphatic rings. The van der Waals surface area contributed by atoms with E-state index >= 15 is 0 Å². The number of amides is 2. The van der Waals surface area contributed by atoms with Crippen molar-refractivity contribution in [2.75, 3.05) is 96.3 Å². The summed E-state index contributed by atoms with van der Waals surface area (Å²) >= 11 is 1.42. The fourth-order valence-corrected chi connectivity index (χ4v) is 3.84. The van der Waals surface area contributed by atoms with Gasteiger partial charge < -0.3 is 40.1 Å². The molecule has 0 radical (unpaired) electrons. The van der Waals surface area contributed by atoms with E-state index in [1.54, 1.807) is 18.3 Å². The molecule has 0 atom stereocenters. The number of hydrogen-bond acceptors (Lipinski definition) is 11. The van der Waals surface area contributed by atoms with E-state index in [0.717, 1.165) is 16.1 Å². The van der Waals surface area contributed by atoms with Crippen molar-refractivity contribution in [2.24, 2.45) is 5.73 Å². The SMILES string of the molecule is Cc1cnc(NC(=O)c2ccc(NCC(=O)NCCOCCOCCOCCOCCOCCN)cc2C)s1. The molecule has 39 heavy (non-hydrogen) atoms. The van der Waals surface area contributed by atoms with Crippen LogP contribution in [0.3, 0.4) is 0 Å². The van der Waals surface area contributed by atoms with Gasteiger partial charge in [-0.25, -0.2) is 4.98 Å². The van der Waals surface area contributed by atoms with Crippen molar-refractivity contribution in [3.05, 3.63) is 40.4 Å². The third-order valence-electron chi connectivity index (χ3n) is 5.08. The number of ether oxygens (including phenoxy) is 5. The monoisotopic (exact) mass is 567 g/mol. The minimum Gasteiger partial charge on any atom is -0.378 e. The molecular formula is C26H41N5O7S. The molecule has 0 saturated heterocycles. The number of carbonyl (C=O) groups is 2. The van der Waals surface area contributed by atoms with E-state index in [1.807, 2.05) is 19.9 Å². The lowest BCUT2D eigenvalue weighted by Crippen LogP contribution is -2.32. The molecule has 12 nitrogen and oxygen atoms in total. The number of nitrogens with zero attached hydrogens (tertiary/aromatic N) is 1. The number of anilines is 2. The molecule has 0 spiro atoms. The number of rotatable bonds is 22. The topological polar surface area (TPSA) is 155 Å². The summed E-state index contributed by atoms with van der Waals surface area (Å²) < 4.78 is 26.9. The van der Waals surface area contributed by atoms with Crippen molar-refractivity contribution in [2.45, 2.75) is 13.8 Å². The highest BCUT2D eigenvalue weighted by Crippen LogP contribution is 2.20. The van der Waals surface area contributed by atoms with Gasteiger partial charge in [0.2, 0.25) is 5.91 Å². The van der Waals surface area contributed by atoms with Gasteiger partial charge in [-0.05, 0) is 37.6 Å². The summed E-state index contributed by atoms with van der Waals surface area (Å²) in [6.45, 7) is 9.64. The van der Waals surface area contributed by atoms with E-state index in [2.05, 4.69) is 20.9 Å². The second-order valence-corrected chi connectivity index (χ2v) is 9.55. The summed E-state index contributed by atoms with van der Waals surface area (Å²) in [5, 5.41) is 9.23. The van der Waals surface area contributed by atoms with Gasteiger partial charge >= 0.3 is 0 Å². The van der Waals surface area contributed by atoms with Crippen molar-refractivity contribution in [1.29, 1.82) is 0 Å². The van der Waals surface area contributed by atoms with Crippen molar-refractivity contribution in [3.63, 3.8) is 0 Å². The molecule has 0 unspecified atom stereocenters. The molecule has 0 aliphatic heterocycles. The summed E-state index contributed by atoms with van der Waals surface area (Å²) in [5.41, 5.74) is 7.42. The number of aromatic nitrogens is 1. The Labute approximate surface area is 233 Å². The highest BCUT2D eigenvalue weighted by Gasteiger charge is 2.12. The number of thiazole rings is 1. The molecule has 218 valence electrons. The first kappa shape index (κ1) is 32.6. The first-order valence-electron chi connectivity index (χ1n) is 12.9. The van der Waals surface area contributed by atoms with Crippen LogP contribution < -0.4 is 21.7 Å². The van der Waals surface area contributed by atoms with Gasteiger partial charge in [0.15, 0.2) is 5.13 Å². The third-order valence-corrected chi connectivity index (χ3v) is 5.91. The Morgan fingerprint density at radius 1 is 0.872 bits per heavy atom. The van der Waals surface area contributed by atoms with Crippen molar-refractivity contribution < 1.29 is 33.3 Å². The molecule has 0 aliphatic carbocycles. The Morgan fingerprint density at radius 3 is 2.00 bits per heavy atom. The number of carbonyl (C=O) groups excluding carboxylic acids is 2. The molecule has 0 bridgehead atoms. The van der Waals surface area contributed by atoms with Gasteiger partial charge in [-0.15, -0.1) is 11.3 Å². The molecule has 2 aromatic rings. The predicted molar refractivity (Wildman–Crippen MR) is 151 cm³/mol. The van der Waals surface area contributed by atoms with Gasteiger partial charge in [0, 0.05) is 35.4 Å². The fraction of sp³-hybridized carbons (Fsp3) is 0.577. The molecule has 0 fully saturated rings. The second kappa shape index (κ2) is 20.3. The smallest absolute Gasteiger partial charge is 0.257 e. The lowest BCUT2D eigenvalue weighted by atomic mass is 10.1. The molecule has 1 aromatic heterocycles. The average Bonchev–Trinajstić information content (AvgIpc) is 3.33. The summed E-state index contributed by atoms with van der Waals surface area (Å²) in [6, 6.07) is 5.33. The minimum absolute atomic E-state index is 0.111. The molecule has 5 N–H and O–H groups in total. The number of aryl methyl sites for hydroxylation is 2. The summed E-state index contributed by atoms with van der Waals surface area (Å²) in [4.78, 5) is 29.8. The molecule has 2 rings (SSSR count). The van der Waals surface area contributed by atoms with Gasteiger partial charge in [-0.1, -0.05) is 0 Å². The minimum atomic E-state index is -0.216. The highest BCUT2D eigenvalue weighted by atomic mass is 32.1. The molecule has 2 amide bonds. The maximum Gasteiger partial charge on any atom is 0.257 e. The van der Waals surface area contributed by atoms with Crippen LogP contribution >= 0.6 is 11.3 Å². The van der Waals surface area contributed by atoms with E-state index in [9.17, 15) is 9.59 Å². The lowest BCUT2D eigenvalue weighted by molar-refractivity contribution is -0.119. The number of benzene rings is 1. The van der Waals surface area contributed by atoms with Crippen LogP contribution in [0.5, 0.6) is 0 Å². The number of nitrogens with one attached hydrogen (secondary N) is 3. The number of hydrogen-bond donors (Lipinski definition) is 4. The first-order valence-corrected chi connectivity index (χ1v) is 13.7. The normalized spacial score (nSPS) is 10.9. The van der Waals surface area contributed by atoms with E-state index < -0.39 is 0 Å². The Hall–Kier alpha value is -2.65. The van der Waals surface area contributed by atoms with Crippen LogP contribution in [0.15, 0.2) is 24.4 Å². The Morgan fingerprint density at radius 2 is 1.46 bits per heavy atom. The molecular weight excluding hydrogens is 526 g/mol. The summed E-state index contributed by atoms with van der Waals surface area (Å²) in [7, 11) is 0. The van der Waals surface area contributed by atoms with Crippen LogP contribution in [-0.4, -0.2) is 103 Å². The zero-order valence-corrected chi connectivity index (χ0v) is 23.6. The second-order valence-electron chi connectivity index (χ2n) is 8.31. The van der Waals surface area contributed by atoms with Crippen LogP contribution in [0, 0.1) is 13.8 Å². The third kappa shape index (κ3) is 14.9. The zero-order chi connectivity index (χ0) is 28.1. The Kier molecular flexibility index (Phi) is 16.9. The lowest BCUT2D eigenvalue weighted by Gasteiger charge is -2.11. The highest BCUT2D eigenvalue weighted by molar-refractivity contribution is 7.15. The molecule has 1 heterocycles. The maximum absolute atomic E-state index is 12.5. The van der Waals surface area contributed by atoms with E-state index in [4.69, 9.17) is 29.4 Å². The van der Waals surface area contributed by atoms with Gasteiger partial charge in [-0.2, -0.15) is 0 Å². The van der Waals surface area contributed by atoms with Gasteiger partial charge in [0.1, 0.15) is 0 Å². The van der Waals surface area contributed by atoms with Crippen LogP contribution in [0.4, 0.5) is 10.8 Å². The summed E-state index contributed by atoms with van der Waals surface area (Å²) in [6.07, 6.45) is 1.72. The average molecular weight is 568 g/mol. The quantitative estimate of drug-likeness (QED) is 0.154. The Bertz CT molecular complexity index is 976. The van der Waals surface area contributed by atoms with Gasteiger partial charge in [0.05, 0.1) is 72.6 Å². The van der Waals surface area contributed by atoms with Crippen LogP contribution in [0.2, 0.25) is 0 Å². The van der Waals surface area contributed by atoms with Crippen LogP contribution in [-0.2, 0) is 28.5 Å². The number of nitrogens with two attached hydrogens (primary N) is 1. The van der Waals surface area contributed by atoms with Crippen molar-refractivity contribution >= 4 is 34.0 Å². The summed E-state index contributed by atoms with van der Waals surface area (Å²) in [5.74, 6) is -0.371. The molecule has 13 heteroatoms. The first-order chi connectivity index (χ1) is 19.0. The standard InChI is InChI=1S/C26H41N5O7S/c1-20-17-22(3-4-23(20)25(33)31-26-30-18-21(2)39-26)29-19-24(32)28-6-8-35-10-12-37-14-16-38-15-13-36-11-9-34-7-5-27/h3-4,17-18,29H,5-16,19,27H2,1-2H3,(H,28,32)(H,30,31,33). The van der Waals surface area contributed by atoms with Gasteiger partial charge in [-0.3, -0.25) is 14.9 Å². The molecule has 1 aromatic carbocycles. The van der Waals surface area contributed by atoms with E-state index in [1.165, 1.54) is 11.3 Å². The maximum atomic E-state index is 12.5. The molecule has 0 saturated carbocycles.